The van der Waals surface area contributed by atoms with E-state index in [0.29, 0.717) is 12.2 Å². The number of allylic oxidation sites excluding steroid dienone is 5. The molecule has 0 aromatic carbocycles. The predicted molar refractivity (Wildman–Crippen MR) is 83.4 cm³/mol. The summed E-state index contributed by atoms with van der Waals surface area (Å²) in [7, 11) is 0. The van der Waals surface area contributed by atoms with Crippen LogP contribution in [0.15, 0.2) is 46.8 Å². The summed E-state index contributed by atoms with van der Waals surface area (Å²) < 4.78 is 0. The van der Waals surface area contributed by atoms with Gasteiger partial charge >= 0.3 is 0 Å². The first kappa shape index (κ1) is 15.1. The molecular weight excluding hydrogens is 248 g/mol. The van der Waals surface area contributed by atoms with E-state index in [4.69, 9.17) is 0 Å². The molecule has 0 radical (unpaired) electrons. The van der Waals surface area contributed by atoms with Crippen molar-refractivity contribution >= 4 is 0 Å². The SMILES string of the molecule is CC1=CC(C)(C(C)(C)C2=CCC(O)C=C2)CC(C)=C1O. The van der Waals surface area contributed by atoms with Gasteiger partial charge in [-0.15, -0.1) is 0 Å². The summed E-state index contributed by atoms with van der Waals surface area (Å²) in [5, 5.41) is 19.6. The Kier molecular flexibility index (Phi) is 3.72. The third-order valence-electron chi connectivity index (χ3n) is 5.17. The molecule has 2 atom stereocenters. The molecule has 20 heavy (non-hydrogen) atoms. The minimum Gasteiger partial charge on any atom is -0.508 e. The van der Waals surface area contributed by atoms with Crippen molar-refractivity contribution in [3.8, 4) is 0 Å². The van der Waals surface area contributed by atoms with Crippen LogP contribution in [0.1, 0.15) is 47.5 Å². The zero-order valence-electron chi connectivity index (χ0n) is 13.2. The fourth-order valence-corrected chi connectivity index (χ4v) is 3.37. The van der Waals surface area contributed by atoms with Crippen molar-refractivity contribution in [2.45, 2.75) is 53.6 Å². The first-order valence-corrected chi connectivity index (χ1v) is 7.33. The summed E-state index contributed by atoms with van der Waals surface area (Å²) in [5.74, 6) is 0.446. The van der Waals surface area contributed by atoms with Gasteiger partial charge in [0.2, 0.25) is 0 Å². The number of aliphatic hydroxyl groups excluding tert-OH is 2. The minimum atomic E-state index is -0.350. The highest BCUT2D eigenvalue weighted by molar-refractivity contribution is 5.40. The molecule has 0 aliphatic heterocycles. The maximum atomic E-state index is 10.0. The zero-order valence-corrected chi connectivity index (χ0v) is 13.2. The average molecular weight is 274 g/mol. The van der Waals surface area contributed by atoms with Crippen LogP contribution in [0.25, 0.3) is 0 Å². The van der Waals surface area contributed by atoms with E-state index >= 15 is 0 Å². The Morgan fingerprint density at radius 2 is 1.95 bits per heavy atom. The smallest absolute Gasteiger partial charge is 0.117 e. The van der Waals surface area contributed by atoms with Crippen LogP contribution in [0, 0.1) is 10.8 Å². The van der Waals surface area contributed by atoms with Crippen LogP contribution in [0.5, 0.6) is 0 Å². The van der Waals surface area contributed by atoms with E-state index in [1.807, 2.05) is 19.9 Å². The molecule has 2 aliphatic rings. The van der Waals surface area contributed by atoms with Crippen LogP contribution in [0.3, 0.4) is 0 Å². The molecule has 0 fully saturated rings. The third kappa shape index (κ3) is 2.37. The molecule has 0 aromatic rings. The second-order valence-electron chi connectivity index (χ2n) is 7.00. The molecule has 2 heteroatoms. The monoisotopic (exact) mass is 274 g/mol. The molecule has 110 valence electrons. The first-order valence-electron chi connectivity index (χ1n) is 7.33. The molecule has 2 unspecified atom stereocenters. The van der Waals surface area contributed by atoms with Crippen molar-refractivity contribution in [1.29, 1.82) is 0 Å². The first-order chi connectivity index (χ1) is 9.17. The van der Waals surface area contributed by atoms with E-state index in [9.17, 15) is 10.2 Å². The molecule has 0 bridgehead atoms. The summed E-state index contributed by atoms with van der Waals surface area (Å²) >= 11 is 0. The molecule has 0 aromatic heterocycles. The van der Waals surface area contributed by atoms with E-state index in [0.717, 1.165) is 17.6 Å². The topological polar surface area (TPSA) is 40.5 Å². The van der Waals surface area contributed by atoms with Crippen LogP contribution >= 0.6 is 0 Å². The highest BCUT2D eigenvalue weighted by Gasteiger charge is 2.43. The predicted octanol–water partition coefficient (Wildman–Crippen LogP) is 4.45. The summed E-state index contributed by atoms with van der Waals surface area (Å²) in [4.78, 5) is 0. The number of hydrogen-bond donors (Lipinski definition) is 2. The van der Waals surface area contributed by atoms with Gasteiger partial charge in [0, 0.05) is 0 Å². The largest absolute Gasteiger partial charge is 0.508 e. The maximum absolute atomic E-state index is 10.0. The Hall–Kier alpha value is -1.28. The van der Waals surface area contributed by atoms with E-state index < -0.39 is 0 Å². The molecule has 2 nitrogen and oxygen atoms in total. The van der Waals surface area contributed by atoms with Crippen LogP contribution in [-0.4, -0.2) is 16.3 Å². The van der Waals surface area contributed by atoms with Gasteiger partial charge in [0.1, 0.15) is 5.76 Å². The average Bonchev–Trinajstić information content (AvgIpc) is 2.36. The van der Waals surface area contributed by atoms with Crippen molar-refractivity contribution < 1.29 is 10.2 Å². The summed E-state index contributed by atoms with van der Waals surface area (Å²) in [5.41, 5.74) is 3.20. The van der Waals surface area contributed by atoms with E-state index in [-0.39, 0.29) is 16.9 Å². The van der Waals surface area contributed by atoms with Crippen molar-refractivity contribution in [3.63, 3.8) is 0 Å². The normalized spacial score (nSPS) is 31.2. The van der Waals surface area contributed by atoms with Gasteiger partial charge in [-0.2, -0.15) is 0 Å². The van der Waals surface area contributed by atoms with Gasteiger partial charge in [0.05, 0.1) is 6.10 Å². The van der Waals surface area contributed by atoms with Crippen molar-refractivity contribution in [2.24, 2.45) is 10.8 Å². The Bertz CT molecular complexity index is 532. The van der Waals surface area contributed by atoms with Gasteiger partial charge < -0.3 is 10.2 Å². The lowest BCUT2D eigenvalue weighted by Crippen LogP contribution is -2.37. The van der Waals surface area contributed by atoms with Gasteiger partial charge in [-0.3, -0.25) is 0 Å². The molecule has 2 N–H and O–H groups in total. The Balaban J connectivity index is 2.38. The van der Waals surface area contributed by atoms with Crippen LogP contribution < -0.4 is 0 Å². The lowest BCUT2D eigenvalue weighted by molar-refractivity contribution is 0.178. The van der Waals surface area contributed by atoms with Gasteiger partial charge in [-0.05, 0) is 54.2 Å². The zero-order chi connectivity index (χ0) is 15.1. The molecule has 0 heterocycles. The number of rotatable bonds is 2. The second-order valence-corrected chi connectivity index (χ2v) is 7.00. The lowest BCUT2D eigenvalue weighted by atomic mass is 9.57. The van der Waals surface area contributed by atoms with Gasteiger partial charge in [-0.1, -0.05) is 45.1 Å². The Morgan fingerprint density at radius 3 is 2.45 bits per heavy atom. The lowest BCUT2D eigenvalue weighted by Gasteiger charge is -2.46. The highest BCUT2D eigenvalue weighted by Crippen LogP contribution is 2.53. The summed E-state index contributed by atoms with van der Waals surface area (Å²) in [6.07, 6.45) is 9.47. The second kappa shape index (κ2) is 4.92. The fraction of sp³-hybridized carbons (Fsp3) is 0.556. The Morgan fingerprint density at radius 1 is 1.30 bits per heavy atom. The standard InChI is InChI=1S/C18H26O2/c1-12-10-18(5,11-13(2)16(12)20)17(3,4)14-6-8-15(19)9-7-14/h6-8,10,15,19-20H,9,11H2,1-5H3. The Labute approximate surface area is 122 Å². The highest BCUT2D eigenvalue weighted by atomic mass is 16.3. The van der Waals surface area contributed by atoms with Gasteiger partial charge in [-0.25, -0.2) is 0 Å². The summed E-state index contributed by atoms with van der Waals surface area (Å²) in [6, 6.07) is 0. The van der Waals surface area contributed by atoms with E-state index in [2.05, 4.69) is 39.0 Å². The van der Waals surface area contributed by atoms with Gasteiger partial charge in [0.25, 0.3) is 0 Å². The molecular formula is C18H26O2. The van der Waals surface area contributed by atoms with Crippen molar-refractivity contribution in [3.05, 3.63) is 46.8 Å². The molecule has 0 spiro atoms. The summed E-state index contributed by atoms with van der Waals surface area (Å²) in [6.45, 7) is 10.7. The molecule has 2 rings (SSSR count). The van der Waals surface area contributed by atoms with Crippen LogP contribution in [-0.2, 0) is 0 Å². The number of hydrogen-bond acceptors (Lipinski definition) is 2. The van der Waals surface area contributed by atoms with Gasteiger partial charge in [0.15, 0.2) is 0 Å². The molecule has 2 aliphatic carbocycles. The van der Waals surface area contributed by atoms with E-state index in [1.54, 1.807) is 0 Å². The fourth-order valence-electron chi connectivity index (χ4n) is 3.37. The van der Waals surface area contributed by atoms with Crippen LogP contribution in [0.2, 0.25) is 0 Å². The quantitative estimate of drug-likeness (QED) is 0.781. The molecule has 0 amide bonds. The van der Waals surface area contributed by atoms with Crippen molar-refractivity contribution in [1.82, 2.24) is 0 Å². The van der Waals surface area contributed by atoms with Crippen LogP contribution in [0.4, 0.5) is 0 Å². The number of aliphatic hydroxyl groups is 2. The molecule has 0 saturated heterocycles. The maximum Gasteiger partial charge on any atom is 0.117 e. The van der Waals surface area contributed by atoms with E-state index in [1.165, 1.54) is 5.57 Å². The molecule has 0 saturated carbocycles. The third-order valence-corrected chi connectivity index (χ3v) is 5.17. The minimum absolute atomic E-state index is 0.0359. The van der Waals surface area contributed by atoms with Crippen molar-refractivity contribution in [2.75, 3.05) is 0 Å².